The van der Waals surface area contributed by atoms with Gasteiger partial charge in [0, 0.05) is 39.4 Å². The maximum Gasteiger partial charge on any atom is 0.417 e. The van der Waals surface area contributed by atoms with Gasteiger partial charge in [-0.25, -0.2) is 4.98 Å². The van der Waals surface area contributed by atoms with E-state index >= 15 is 0 Å². The molecule has 5 nitrogen and oxygen atoms in total. The molecule has 2 N–H and O–H groups in total. The molecule has 1 aromatic heterocycles. The molecule has 1 saturated heterocycles. The van der Waals surface area contributed by atoms with Crippen molar-refractivity contribution in [3.05, 3.63) is 23.9 Å². The van der Waals surface area contributed by atoms with E-state index in [1.165, 1.54) is 18.9 Å². The lowest BCUT2D eigenvalue weighted by atomic mass is 10.00. The molecule has 1 aromatic rings. The van der Waals surface area contributed by atoms with E-state index in [0.717, 1.165) is 50.2 Å². The molecular weight excluding hydrogens is 458 g/mol. The molecular formula is C17H27F3IN5. The van der Waals surface area contributed by atoms with Gasteiger partial charge >= 0.3 is 6.18 Å². The number of anilines is 1. The number of hydrogen-bond acceptors (Lipinski definition) is 3. The normalized spacial score (nSPS) is 16.2. The smallest absolute Gasteiger partial charge is 0.370 e. The Bertz CT molecular complexity index is 555. The molecule has 1 aliphatic heterocycles. The molecule has 1 fully saturated rings. The second-order valence-electron chi connectivity index (χ2n) is 6.35. The Balaban J connectivity index is 0.00000338. The maximum absolute atomic E-state index is 12.5. The van der Waals surface area contributed by atoms with Crippen molar-refractivity contribution in [2.45, 2.75) is 32.4 Å². The van der Waals surface area contributed by atoms with Gasteiger partial charge < -0.3 is 15.5 Å². The molecule has 2 rings (SSSR count). The molecule has 0 bridgehead atoms. The molecule has 0 unspecified atom stereocenters. The molecule has 0 saturated carbocycles. The van der Waals surface area contributed by atoms with Gasteiger partial charge in [0.05, 0.1) is 5.56 Å². The number of aliphatic imine (C=N–C) groups is 1. The van der Waals surface area contributed by atoms with Crippen molar-refractivity contribution in [1.29, 1.82) is 0 Å². The second-order valence-corrected chi connectivity index (χ2v) is 6.35. The lowest BCUT2D eigenvalue weighted by Gasteiger charge is -2.32. The van der Waals surface area contributed by atoms with E-state index in [0.29, 0.717) is 12.4 Å². The molecule has 26 heavy (non-hydrogen) atoms. The lowest BCUT2D eigenvalue weighted by Crippen LogP contribution is -2.45. The molecule has 0 radical (unpaired) electrons. The Morgan fingerprint density at radius 2 is 1.96 bits per heavy atom. The first-order valence-corrected chi connectivity index (χ1v) is 8.63. The molecule has 0 amide bonds. The standard InChI is InChI=1S/C17H26F3N5.HI/c1-13-6-10-25(11-7-13)16(21-2)23-9-3-8-22-15-5-4-14(12-24-15)17(18,19)20;/h4-5,12-13H,3,6-11H2,1-2H3,(H,21,23)(H,22,24);1H. The highest BCUT2D eigenvalue weighted by Gasteiger charge is 2.30. The van der Waals surface area contributed by atoms with Crippen LogP contribution in [0.2, 0.25) is 0 Å². The van der Waals surface area contributed by atoms with Crippen molar-refractivity contribution < 1.29 is 13.2 Å². The Morgan fingerprint density at radius 1 is 1.27 bits per heavy atom. The summed E-state index contributed by atoms with van der Waals surface area (Å²) in [6.07, 6.45) is -0.326. The monoisotopic (exact) mass is 485 g/mol. The second kappa shape index (κ2) is 10.8. The number of nitrogens with zero attached hydrogens (tertiary/aromatic N) is 3. The van der Waals surface area contributed by atoms with Gasteiger partial charge in [-0.05, 0) is 37.3 Å². The first kappa shape index (κ1) is 22.8. The average Bonchev–Trinajstić information content (AvgIpc) is 2.59. The van der Waals surface area contributed by atoms with E-state index in [1.807, 2.05) is 0 Å². The summed E-state index contributed by atoms with van der Waals surface area (Å²) in [5, 5.41) is 6.36. The van der Waals surface area contributed by atoms with Gasteiger partial charge in [-0.3, -0.25) is 4.99 Å². The quantitative estimate of drug-likeness (QED) is 0.288. The van der Waals surface area contributed by atoms with Crippen molar-refractivity contribution in [2.24, 2.45) is 10.9 Å². The van der Waals surface area contributed by atoms with Crippen LogP contribution in [0.4, 0.5) is 19.0 Å². The predicted molar refractivity (Wildman–Crippen MR) is 109 cm³/mol. The highest BCUT2D eigenvalue weighted by molar-refractivity contribution is 14.0. The fourth-order valence-corrected chi connectivity index (χ4v) is 2.72. The van der Waals surface area contributed by atoms with Gasteiger partial charge in [-0.2, -0.15) is 13.2 Å². The highest BCUT2D eigenvalue weighted by atomic mass is 127. The maximum atomic E-state index is 12.5. The van der Waals surface area contributed by atoms with Crippen molar-refractivity contribution in [3.63, 3.8) is 0 Å². The molecule has 9 heteroatoms. The number of pyridine rings is 1. The van der Waals surface area contributed by atoms with Crippen LogP contribution in [0.5, 0.6) is 0 Å². The van der Waals surface area contributed by atoms with Gasteiger partial charge in [0.2, 0.25) is 0 Å². The van der Waals surface area contributed by atoms with E-state index in [1.54, 1.807) is 7.05 Å². The average molecular weight is 485 g/mol. The number of guanidine groups is 1. The van der Waals surface area contributed by atoms with Crippen LogP contribution in [-0.4, -0.2) is 49.1 Å². The van der Waals surface area contributed by atoms with Crippen LogP contribution in [0.1, 0.15) is 31.7 Å². The third-order valence-corrected chi connectivity index (χ3v) is 4.33. The molecule has 2 heterocycles. The van der Waals surface area contributed by atoms with Crippen LogP contribution < -0.4 is 10.6 Å². The van der Waals surface area contributed by atoms with Crippen molar-refractivity contribution >= 4 is 35.8 Å². The minimum Gasteiger partial charge on any atom is -0.370 e. The first-order chi connectivity index (χ1) is 11.9. The number of rotatable bonds is 5. The summed E-state index contributed by atoms with van der Waals surface area (Å²) < 4.78 is 37.4. The summed E-state index contributed by atoms with van der Waals surface area (Å²) in [6.45, 7) is 5.68. The Morgan fingerprint density at radius 3 is 2.50 bits per heavy atom. The van der Waals surface area contributed by atoms with E-state index in [-0.39, 0.29) is 24.0 Å². The Kier molecular flexibility index (Phi) is 9.45. The highest BCUT2D eigenvalue weighted by Crippen LogP contribution is 2.28. The molecule has 0 atom stereocenters. The fourth-order valence-electron chi connectivity index (χ4n) is 2.72. The minimum atomic E-state index is -4.35. The summed E-state index contributed by atoms with van der Waals surface area (Å²) in [4.78, 5) is 10.4. The molecule has 0 aliphatic carbocycles. The molecule has 1 aliphatic rings. The summed E-state index contributed by atoms with van der Waals surface area (Å²) in [5.74, 6) is 2.14. The molecule has 0 spiro atoms. The van der Waals surface area contributed by atoms with E-state index < -0.39 is 11.7 Å². The lowest BCUT2D eigenvalue weighted by molar-refractivity contribution is -0.137. The van der Waals surface area contributed by atoms with Crippen LogP contribution in [0.25, 0.3) is 0 Å². The predicted octanol–water partition coefficient (Wildman–Crippen LogP) is 3.83. The van der Waals surface area contributed by atoms with Crippen LogP contribution in [-0.2, 0) is 6.18 Å². The summed E-state index contributed by atoms with van der Waals surface area (Å²) in [6, 6.07) is 2.39. The number of halogens is 4. The number of hydrogen-bond donors (Lipinski definition) is 2. The SMILES string of the molecule is CN=C(NCCCNc1ccc(C(F)(F)F)cn1)N1CCC(C)CC1.I. The molecule has 148 valence electrons. The van der Waals surface area contributed by atoms with Crippen molar-refractivity contribution in [2.75, 3.05) is 38.5 Å². The van der Waals surface area contributed by atoms with E-state index in [4.69, 9.17) is 0 Å². The Labute approximate surface area is 169 Å². The summed E-state index contributed by atoms with van der Waals surface area (Å²) in [5.41, 5.74) is -0.737. The first-order valence-electron chi connectivity index (χ1n) is 8.63. The number of likely N-dealkylation sites (tertiary alicyclic amines) is 1. The minimum absolute atomic E-state index is 0. The van der Waals surface area contributed by atoms with Crippen molar-refractivity contribution in [3.8, 4) is 0 Å². The van der Waals surface area contributed by atoms with E-state index in [9.17, 15) is 13.2 Å². The zero-order chi connectivity index (χ0) is 18.3. The van der Waals surface area contributed by atoms with Gasteiger partial charge in [-0.15, -0.1) is 24.0 Å². The number of piperidine rings is 1. The number of aromatic nitrogens is 1. The number of alkyl halides is 3. The third kappa shape index (κ3) is 7.16. The zero-order valence-corrected chi connectivity index (χ0v) is 17.5. The Hall–Kier alpha value is -1.26. The van der Waals surface area contributed by atoms with Crippen LogP contribution in [0.15, 0.2) is 23.3 Å². The van der Waals surface area contributed by atoms with Crippen molar-refractivity contribution in [1.82, 2.24) is 15.2 Å². The van der Waals surface area contributed by atoms with Gasteiger partial charge in [0.25, 0.3) is 0 Å². The van der Waals surface area contributed by atoms with Gasteiger partial charge in [0.15, 0.2) is 5.96 Å². The van der Waals surface area contributed by atoms with Crippen LogP contribution in [0.3, 0.4) is 0 Å². The zero-order valence-electron chi connectivity index (χ0n) is 15.1. The third-order valence-electron chi connectivity index (χ3n) is 4.33. The fraction of sp³-hybridized carbons (Fsp3) is 0.647. The van der Waals surface area contributed by atoms with Crippen LogP contribution >= 0.6 is 24.0 Å². The summed E-state index contributed by atoms with van der Waals surface area (Å²) in [7, 11) is 1.78. The van der Waals surface area contributed by atoms with Gasteiger partial charge in [-0.1, -0.05) is 6.92 Å². The topological polar surface area (TPSA) is 52.6 Å². The van der Waals surface area contributed by atoms with Crippen LogP contribution in [0, 0.1) is 5.92 Å². The van der Waals surface area contributed by atoms with E-state index in [2.05, 4.69) is 32.4 Å². The molecule has 0 aromatic carbocycles. The van der Waals surface area contributed by atoms with Gasteiger partial charge in [0.1, 0.15) is 5.82 Å². The number of nitrogens with one attached hydrogen (secondary N) is 2. The summed E-state index contributed by atoms with van der Waals surface area (Å²) >= 11 is 0. The largest absolute Gasteiger partial charge is 0.417 e.